The van der Waals surface area contributed by atoms with E-state index in [-0.39, 0.29) is 18.2 Å². The average molecular weight is 307 g/mol. The Balaban J connectivity index is 2.07. The Morgan fingerprint density at radius 1 is 1.41 bits per heavy atom. The van der Waals surface area contributed by atoms with Gasteiger partial charge in [-0.25, -0.2) is 13.9 Å². The maximum absolute atomic E-state index is 13.7. The number of hydrogen-bond acceptors (Lipinski definition) is 4. The van der Waals surface area contributed by atoms with Crippen LogP contribution < -0.4 is 10.6 Å². The molecule has 0 unspecified atom stereocenters. The molecule has 2 N–H and O–H groups in total. The van der Waals surface area contributed by atoms with Crippen molar-refractivity contribution in [3.63, 3.8) is 0 Å². The number of methoxy groups -OCH3 is 1. The van der Waals surface area contributed by atoms with Gasteiger partial charge < -0.3 is 10.1 Å². The Kier molecular flexibility index (Phi) is 5.05. The summed E-state index contributed by atoms with van der Waals surface area (Å²) in [7, 11) is 1.46. The van der Waals surface area contributed by atoms with E-state index in [1.54, 1.807) is 16.9 Å². The van der Waals surface area contributed by atoms with E-state index in [2.05, 4.69) is 20.9 Å². The molecule has 2 rings (SSSR count). The number of aromatic nitrogens is 3. The summed E-state index contributed by atoms with van der Waals surface area (Å²) in [6, 6.07) is 4.04. The summed E-state index contributed by atoms with van der Waals surface area (Å²) in [6.07, 6.45) is 1.62. The molecule has 1 heterocycles. The van der Waals surface area contributed by atoms with Crippen molar-refractivity contribution in [3.05, 3.63) is 35.8 Å². The maximum Gasteiger partial charge on any atom is 0.324 e. The highest BCUT2D eigenvalue weighted by molar-refractivity contribution is 5.99. The molecule has 0 atom stereocenters. The number of carbonyl (C=O) groups excluding carboxylic acids is 1. The molecule has 0 saturated heterocycles. The quantitative estimate of drug-likeness (QED) is 0.890. The fourth-order valence-corrected chi connectivity index (χ4v) is 1.82. The lowest BCUT2D eigenvalue weighted by Crippen LogP contribution is -2.21. The predicted octanol–water partition coefficient (Wildman–Crippen LogP) is 2.79. The van der Waals surface area contributed by atoms with Crippen LogP contribution in [0.15, 0.2) is 24.4 Å². The fourth-order valence-electron chi connectivity index (χ4n) is 1.82. The number of nitrogens with zero attached hydrogens (tertiary/aromatic N) is 3. The first-order valence-electron chi connectivity index (χ1n) is 6.77. The Labute approximate surface area is 127 Å². The first-order chi connectivity index (χ1) is 10.5. The normalized spacial score (nSPS) is 10.8. The third-order valence-corrected chi connectivity index (χ3v) is 2.94. The minimum absolute atomic E-state index is 0.0613. The van der Waals surface area contributed by atoms with Crippen molar-refractivity contribution in [2.75, 3.05) is 17.7 Å². The summed E-state index contributed by atoms with van der Waals surface area (Å²) < 4.78 is 20.3. The zero-order valence-electron chi connectivity index (χ0n) is 12.6. The van der Waals surface area contributed by atoms with Crippen LogP contribution in [0.4, 0.5) is 20.7 Å². The number of rotatable bonds is 5. The third kappa shape index (κ3) is 3.79. The number of amides is 2. The van der Waals surface area contributed by atoms with E-state index < -0.39 is 11.8 Å². The Bertz CT molecular complexity index is 656. The summed E-state index contributed by atoms with van der Waals surface area (Å²) in [4.78, 5) is 12.0. The van der Waals surface area contributed by atoms with E-state index in [1.807, 2.05) is 13.8 Å². The van der Waals surface area contributed by atoms with Crippen LogP contribution in [0.3, 0.4) is 0 Å². The molecule has 1 aromatic heterocycles. The number of urea groups is 1. The molecular formula is C14H18FN5O2. The van der Waals surface area contributed by atoms with Crippen LogP contribution in [0.2, 0.25) is 0 Å². The molecule has 118 valence electrons. The second-order valence-corrected chi connectivity index (χ2v) is 4.96. The molecule has 0 saturated carbocycles. The van der Waals surface area contributed by atoms with E-state index in [0.29, 0.717) is 11.5 Å². The van der Waals surface area contributed by atoms with Crippen LogP contribution in [-0.4, -0.2) is 28.1 Å². The molecule has 1 aromatic carbocycles. The smallest absolute Gasteiger partial charge is 0.324 e. The van der Waals surface area contributed by atoms with Gasteiger partial charge in [0.25, 0.3) is 0 Å². The monoisotopic (exact) mass is 307 g/mol. The van der Waals surface area contributed by atoms with Gasteiger partial charge in [0.05, 0.1) is 18.5 Å². The van der Waals surface area contributed by atoms with Gasteiger partial charge in [0.1, 0.15) is 5.82 Å². The number of nitrogens with one attached hydrogen (secondary N) is 2. The molecule has 22 heavy (non-hydrogen) atoms. The van der Waals surface area contributed by atoms with Gasteiger partial charge in [-0.2, -0.15) is 0 Å². The van der Waals surface area contributed by atoms with E-state index in [0.717, 1.165) is 0 Å². The molecule has 0 fully saturated rings. The van der Waals surface area contributed by atoms with E-state index in [1.165, 1.54) is 19.2 Å². The fraction of sp³-hybridized carbons (Fsp3) is 0.357. The molecule has 0 spiro atoms. The Morgan fingerprint density at radius 3 is 2.82 bits per heavy atom. The van der Waals surface area contributed by atoms with Gasteiger partial charge in [0.2, 0.25) is 0 Å². The Hall–Kier alpha value is -2.48. The van der Waals surface area contributed by atoms with Crippen molar-refractivity contribution in [1.29, 1.82) is 0 Å². The minimum Gasteiger partial charge on any atom is -0.380 e. The number of carbonyl (C=O) groups is 1. The van der Waals surface area contributed by atoms with Gasteiger partial charge in [0, 0.05) is 18.7 Å². The van der Waals surface area contributed by atoms with Crippen molar-refractivity contribution in [2.24, 2.45) is 0 Å². The molecule has 0 aliphatic rings. The highest BCUT2D eigenvalue weighted by Gasteiger charge is 2.12. The zero-order chi connectivity index (χ0) is 16.1. The molecule has 0 aliphatic carbocycles. The average Bonchev–Trinajstić information content (AvgIpc) is 2.91. The summed E-state index contributed by atoms with van der Waals surface area (Å²) in [5.74, 6) is -0.124. The SMILES string of the molecule is COCc1c(F)cccc1NC(=O)Nc1cn(C(C)C)nn1. The second kappa shape index (κ2) is 6.99. The number of ether oxygens (including phenoxy) is 1. The highest BCUT2D eigenvalue weighted by atomic mass is 19.1. The molecule has 7 nitrogen and oxygen atoms in total. The number of anilines is 2. The largest absolute Gasteiger partial charge is 0.380 e. The Morgan fingerprint density at radius 2 is 2.18 bits per heavy atom. The third-order valence-electron chi connectivity index (χ3n) is 2.94. The van der Waals surface area contributed by atoms with E-state index in [9.17, 15) is 9.18 Å². The van der Waals surface area contributed by atoms with Crippen LogP contribution in [0.25, 0.3) is 0 Å². The molecule has 0 aliphatic heterocycles. The number of halogens is 1. The number of benzene rings is 1. The van der Waals surface area contributed by atoms with Gasteiger partial charge >= 0.3 is 6.03 Å². The lowest BCUT2D eigenvalue weighted by Gasteiger charge is -2.11. The van der Waals surface area contributed by atoms with Crippen molar-refractivity contribution in [3.8, 4) is 0 Å². The first-order valence-corrected chi connectivity index (χ1v) is 6.77. The van der Waals surface area contributed by atoms with Crippen LogP contribution in [-0.2, 0) is 11.3 Å². The van der Waals surface area contributed by atoms with Gasteiger partial charge in [-0.3, -0.25) is 5.32 Å². The standard InChI is InChI=1S/C14H18FN5O2/c1-9(2)20-7-13(18-19-20)17-14(21)16-12-6-4-5-11(15)10(12)8-22-3/h4-7,9H,8H2,1-3H3,(H2,16,17,21). The van der Waals surface area contributed by atoms with Gasteiger partial charge in [-0.15, -0.1) is 5.10 Å². The van der Waals surface area contributed by atoms with Gasteiger partial charge in [-0.1, -0.05) is 11.3 Å². The summed E-state index contributed by atoms with van der Waals surface area (Å²) in [5.41, 5.74) is 0.626. The maximum atomic E-state index is 13.7. The minimum atomic E-state index is -0.529. The molecule has 0 bridgehead atoms. The van der Waals surface area contributed by atoms with E-state index >= 15 is 0 Å². The zero-order valence-corrected chi connectivity index (χ0v) is 12.6. The van der Waals surface area contributed by atoms with Crippen molar-refractivity contribution in [2.45, 2.75) is 26.5 Å². The number of hydrogen-bond donors (Lipinski definition) is 2. The van der Waals surface area contributed by atoms with Crippen molar-refractivity contribution in [1.82, 2.24) is 15.0 Å². The van der Waals surface area contributed by atoms with E-state index in [4.69, 9.17) is 4.74 Å². The first kappa shape index (κ1) is 15.9. The lowest BCUT2D eigenvalue weighted by atomic mass is 10.2. The lowest BCUT2D eigenvalue weighted by molar-refractivity contribution is 0.182. The summed E-state index contributed by atoms with van der Waals surface area (Å²) in [5, 5.41) is 12.8. The van der Waals surface area contributed by atoms with Gasteiger partial charge in [0.15, 0.2) is 5.82 Å². The molecular weight excluding hydrogens is 289 g/mol. The molecule has 2 aromatic rings. The second-order valence-electron chi connectivity index (χ2n) is 4.96. The summed E-state index contributed by atoms with van der Waals surface area (Å²) >= 11 is 0. The highest BCUT2D eigenvalue weighted by Crippen LogP contribution is 2.20. The predicted molar refractivity (Wildman–Crippen MR) is 80.2 cm³/mol. The summed E-state index contributed by atoms with van der Waals surface area (Å²) in [6.45, 7) is 3.95. The van der Waals surface area contributed by atoms with Crippen molar-refractivity contribution < 1.29 is 13.9 Å². The van der Waals surface area contributed by atoms with Crippen LogP contribution in [0.1, 0.15) is 25.5 Å². The molecule has 8 heteroatoms. The van der Waals surface area contributed by atoms with Crippen molar-refractivity contribution >= 4 is 17.5 Å². The van der Waals surface area contributed by atoms with Gasteiger partial charge in [-0.05, 0) is 26.0 Å². The van der Waals surface area contributed by atoms with Crippen LogP contribution in [0.5, 0.6) is 0 Å². The molecule has 2 amide bonds. The van der Waals surface area contributed by atoms with Crippen LogP contribution in [0, 0.1) is 5.82 Å². The molecule has 0 radical (unpaired) electrons. The van der Waals surface area contributed by atoms with Crippen LogP contribution >= 0.6 is 0 Å². The topological polar surface area (TPSA) is 81.1 Å².